The molecule has 2 aliphatic rings. The van der Waals surface area contributed by atoms with E-state index in [1.165, 1.54) is 11.1 Å². The van der Waals surface area contributed by atoms with Crippen LogP contribution in [0, 0.1) is 0 Å². The second-order valence-electron chi connectivity index (χ2n) is 9.97. The van der Waals surface area contributed by atoms with Crippen LogP contribution in [0.3, 0.4) is 0 Å². The van der Waals surface area contributed by atoms with E-state index in [0.717, 1.165) is 5.82 Å². The van der Waals surface area contributed by atoms with Crippen molar-refractivity contribution in [2.24, 2.45) is 0 Å². The van der Waals surface area contributed by atoms with Crippen LogP contribution in [0.15, 0.2) is 42.7 Å². The molecule has 2 amide bonds. The number of pyridine rings is 1. The molecule has 39 heavy (non-hydrogen) atoms. The lowest BCUT2D eigenvalue weighted by atomic mass is 10.2. The third-order valence-electron chi connectivity index (χ3n) is 6.03. The first-order valence-corrected chi connectivity index (χ1v) is 13.1. The quantitative estimate of drug-likeness (QED) is 0.463. The summed E-state index contributed by atoms with van der Waals surface area (Å²) in [7, 11) is 0. The number of para-hydroxylation sites is 1. The smallest absolute Gasteiger partial charge is 0.410 e. The number of carbonyl (C=O) groups excluding carboxylic acids is 2. The van der Waals surface area contributed by atoms with E-state index < -0.39 is 5.60 Å². The van der Waals surface area contributed by atoms with Crippen molar-refractivity contribution in [2.75, 3.05) is 48.0 Å². The molecule has 1 saturated heterocycles. The molecule has 13 heteroatoms. The van der Waals surface area contributed by atoms with Crippen molar-refractivity contribution in [3.63, 3.8) is 0 Å². The first-order chi connectivity index (χ1) is 18.6. The molecular formula is C26H27Cl2N7O4. The lowest BCUT2D eigenvalue weighted by Gasteiger charge is -2.36. The Hall–Kier alpha value is -3.83. The molecule has 0 saturated carbocycles. The molecule has 3 aromatic rings. The van der Waals surface area contributed by atoms with E-state index in [-0.39, 0.29) is 36.1 Å². The summed E-state index contributed by atoms with van der Waals surface area (Å²) in [5, 5.41) is 3.76. The normalized spacial score (nSPS) is 15.5. The third kappa shape index (κ3) is 5.94. The number of ether oxygens (including phenoxy) is 2. The van der Waals surface area contributed by atoms with Crippen LogP contribution in [0.5, 0.6) is 5.88 Å². The Morgan fingerprint density at radius 3 is 2.38 bits per heavy atom. The summed E-state index contributed by atoms with van der Waals surface area (Å²) in [6.07, 6.45) is 2.77. The zero-order valence-corrected chi connectivity index (χ0v) is 23.2. The van der Waals surface area contributed by atoms with Gasteiger partial charge in [0.05, 0.1) is 27.6 Å². The number of nitrogens with one attached hydrogen (secondary N) is 1. The lowest BCUT2D eigenvalue weighted by Crippen LogP contribution is -2.50. The van der Waals surface area contributed by atoms with E-state index in [4.69, 9.17) is 32.7 Å². The molecule has 4 heterocycles. The van der Waals surface area contributed by atoms with Crippen molar-refractivity contribution >= 4 is 58.3 Å². The fourth-order valence-corrected chi connectivity index (χ4v) is 4.75. The van der Waals surface area contributed by atoms with Crippen LogP contribution in [0.25, 0.3) is 0 Å². The van der Waals surface area contributed by atoms with E-state index in [9.17, 15) is 9.59 Å². The Morgan fingerprint density at radius 1 is 1.03 bits per heavy atom. The molecule has 1 N–H and O–H groups in total. The highest BCUT2D eigenvalue weighted by Gasteiger charge is 2.31. The van der Waals surface area contributed by atoms with Crippen LogP contribution < -0.4 is 19.9 Å². The minimum absolute atomic E-state index is 0.0941. The van der Waals surface area contributed by atoms with E-state index in [1.54, 1.807) is 29.3 Å². The number of carbonyl (C=O) groups is 2. The Labute approximate surface area is 235 Å². The Balaban J connectivity index is 1.21. The van der Waals surface area contributed by atoms with Crippen LogP contribution in [0.1, 0.15) is 31.1 Å². The standard InChI is InChI=1S/C26H27Cl2N7O4/c1-26(2,3)39-25(37)34-11-9-33(10-12-34)20-8-7-16(13-29-20)31-24-30-14-17-22(32-24)38-15-35(23(17)36)21-18(27)5-4-6-19(21)28/h4-8,13-14H,9-12,15H2,1-3H3,(H,30,31,32). The number of aromatic nitrogens is 3. The molecule has 0 atom stereocenters. The molecule has 0 bridgehead atoms. The summed E-state index contributed by atoms with van der Waals surface area (Å²) >= 11 is 12.5. The van der Waals surface area contributed by atoms with Crippen molar-refractivity contribution in [1.82, 2.24) is 19.9 Å². The highest BCUT2D eigenvalue weighted by atomic mass is 35.5. The van der Waals surface area contributed by atoms with E-state index in [1.807, 2.05) is 32.9 Å². The lowest BCUT2D eigenvalue weighted by molar-refractivity contribution is 0.0240. The number of benzene rings is 1. The van der Waals surface area contributed by atoms with Gasteiger partial charge in [0.2, 0.25) is 11.8 Å². The second kappa shape index (κ2) is 10.7. The average Bonchev–Trinajstić information content (AvgIpc) is 2.89. The number of piperazine rings is 1. The Kier molecular flexibility index (Phi) is 7.37. The van der Waals surface area contributed by atoms with Gasteiger partial charge in [0, 0.05) is 32.4 Å². The van der Waals surface area contributed by atoms with Crippen molar-refractivity contribution < 1.29 is 19.1 Å². The Bertz CT molecular complexity index is 1370. The summed E-state index contributed by atoms with van der Waals surface area (Å²) < 4.78 is 11.2. The highest BCUT2D eigenvalue weighted by molar-refractivity contribution is 6.40. The fourth-order valence-electron chi connectivity index (χ4n) is 4.15. The maximum absolute atomic E-state index is 13.1. The number of anilines is 4. The van der Waals surface area contributed by atoms with E-state index >= 15 is 0 Å². The van der Waals surface area contributed by atoms with Crippen LogP contribution in [-0.2, 0) is 4.74 Å². The van der Waals surface area contributed by atoms with Gasteiger partial charge in [0.25, 0.3) is 5.91 Å². The molecule has 1 aromatic carbocycles. The summed E-state index contributed by atoms with van der Waals surface area (Å²) in [4.78, 5) is 43.7. The van der Waals surface area contributed by atoms with Crippen molar-refractivity contribution in [1.29, 1.82) is 0 Å². The molecule has 5 rings (SSSR count). The first-order valence-electron chi connectivity index (χ1n) is 12.3. The molecule has 2 aliphatic heterocycles. The zero-order valence-electron chi connectivity index (χ0n) is 21.6. The number of nitrogens with zero attached hydrogens (tertiary/aromatic N) is 6. The summed E-state index contributed by atoms with van der Waals surface area (Å²) in [5.74, 6) is 0.842. The zero-order chi connectivity index (χ0) is 27.7. The Morgan fingerprint density at radius 2 is 1.74 bits per heavy atom. The minimum Gasteiger partial charge on any atom is -0.455 e. The number of amides is 2. The van der Waals surface area contributed by atoms with Gasteiger partial charge in [0.15, 0.2) is 6.73 Å². The van der Waals surface area contributed by atoms with Gasteiger partial charge in [-0.2, -0.15) is 4.98 Å². The molecule has 11 nitrogen and oxygen atoms in total. The number of hydrogen-bond acceptors (Lipinski definition) is 9. The van der Waals surface area contributed by atoms with Gasteiger partial charge in [-0.1, -0.05) is 29.3 Å². The van der Waals surface area contributed by atoms with E-state index in [0.29, 0.717) is 47.6 Å². The van der Waals surface area contributed by atoms with Crippen molar-refractivity contribution in [2.45, 2.75) is 26.4 Å². The van der Waals surface area contributed by atoms with E-state index in [2.05, 4.69) is 25.2 Å². The van der Waals surface area contributed by atoms with Gasteiger partial charge in [-0.05, 0) is 45.0 Å². The third-order valence-corrected chi connectivity index (χ3v) is 6.64. The predicted octanol–water partition coefficient (Wildman–Crippen LogP) is 4.98. The fraction of sp³-hybridized carbons (Fsp3) is 0.346. The average molecular weight is 572 g/mol. The molecule has 2 aromatic heterocycles. The molecule has 0 unspecified atom stereocenters. The summed E-state index contributed by atoms with van der Waals surface area (Å²) in [6.45, 7) is 7.88. The van der Waals surface area contributed by atoms with Gasteiger partial charge in [0.1, 0.15) is 17.0 Å². The van der Waals surface area contributed by atoms with Crippen LogP contribution in [0.4, 0.5) is 27.9 Å². The monoisotopic (exact) mass is 571 g/mol. The first kappa shape index (κ1) is 26.8. The summed E-state index contributed by atoms with van der Waals surface area (Å²) in [6, 6.07) is 8.75. The number of hydrogen-bond donors (Lipinski definition) is 1. The summed E-state index contributed by atoms with van der Waals surface area (Å²) in [5.41, 5.74) is 0.711. The molecule has 1 fully saturated rings. The molecule has 0 aliphatic carbocycles. The maximum atomic E-state index is 13.1. The highest BCUT2D eigenvalue weighted by Crippen LogP contribution is 2.37. The molecule has 204 valence electrons. The van der Waals surface area contributed by atoms with Crippen molar-refractivity contribution in [3.05, 3.63) is 58.3 Å². The number of halogens is 2. The predicted molar refractivity (Wildman–Crippen MR) is 148 cm³/mol. The van der Waals surface area contributed by atoms with Crippen LogP contribution >= 0.6 is 23.2 Å². The minimum atomic E-state index is -0.521. The largest absolute Gasteiger partial charge is 0.455 e. The van der Waals surface area contributed by atoms with Crippen LogP contribution in [-0.4, -0.2) is 70.4 Å². The SMILES string of the molecule is CC(C)(C)OC(=O)N1CCN(c2ccc(Nc3ncc4c(n3)OCN(c3c(Cl)cccc3Cl)C4=O)cn2)CC1. The number of rotatable bonds is 4. The van der Waals surface area contributed by atoms with Gasteiger partial charge >= 0.3 is 6.09 Å². The van der Waals surface area contributed by atoms with Gasteiger partial charge in [-0.3, -0.25) is 9.69 Å². The topological polar surface area (TPSA) is 113 Å². The maximum Gasteiger partial charge on any atom is 0.410 e. The number of fused-ring (bicyclic) bond motifs is 1. The van der Waals surface area contributed by atoms with Gasteiger partial charge < -0.3 is 24.6 Å². The van der Waals surface area contributed by atoms with Crippen molar-refractivity contribution in [3.8, 4) is 5.88 Å². The molecule has 0 spiro atoms. The molecular weight excluding hydrogens is 545 g/mol. The molecule has 0 radical (unpaired) electrons. The van der Waals surface area contributed by atoms with Gasteiger partial charge in [-0.25, -0.2) is 14.8 Å². The van der Waals surface area contributed by atoms with Crippen LogP contribution in [0.2, 0.25) is 10.0 Å². The van der Waals surface area contributed by atoms with Gasteiger partial charge in [-0.15, -0.1) is 0 Å². The second-order valence-corrected chi connectivity index (χ2v) is 10.8.